The van der Waals surface area contributed by atoms with E-state index in [9.17, 15) is 0 Å². The van der Waals surface area contributed by atoms with Crippen LogP contribution in [0.2, 0.25) is 0 Å². The highest BCUT2D eigenvalue weighted by molar-refractivity contribution is 5.44. The van der Waals surface area contributed by atoms with Crippen molar-refractivity contribution in [2.45, 2.75) is 45.2 Å². The van der Waals surface area contributed by atoms with Gasteiger partial charge in [0.25, 0.3) is 0 Å². The third-order valence-corrected chi connectivity index (χ3v) is 5.31. The first-order chi connectivity index (χ1) is 10.7. The number of anilines is 1. The third kappa shape index (κ3) is 4.23. The molecule has 0 amide bonds. The van der Waals surface area contributed by atoms with Gasteiger partial charge in [0, 0.05) is 31.4 Å². The van der Waals surface area contributed by atoms with Crippen LogP contribution in [0.4, 0.5) is 5.69 Å². The van der Waals surface area contributed by atoms with Crippen LogP contribution in [-0.4, -0.2) is 49.1 Å². The second kappa shape index (κ2) is 7.47. The fraction of sp³-hybridized carbons (Fsp3) is 0.684. The maximum Gasteiger partial charge on any atom is 0.0340 e. The summed E-state index contributed by atoms with van der Waals surface area (Å²) in [6, 6.07) is 9.78. The molecule has 2 heterocycles. The van der Waals surface area contributed by atoms with Gasteiger partial charge in [-0.2, -0.15) is 0 Å². The molecule has 0 saturated carbocycles. The first-order valence-corrected chi connectivity index (χ1v) is 8.96. The summed E-state index contributed by atoms with van der Waals surface area (Å²) in [5.74, 6) is 0.859. The molecule has 2 fully saturated rings. The van der Waals surface area contributed by atoms with Gasteiger partial charge in [-0.25, -0.2) is 0 Å². The van der Waals surface area contributed by atoms with E-state index in [1.54, 1.807) is 0 Å². The Labute approximate surface area is 135 Å². The van der Waals surface area contributed by atoms with Gasteiger partial charge in [-0.05, 0) is 69.4 Å². The van der Waals surface area contributed by atoms with Crippen molar-refractivity contribution in [3.63, 3.8) is 0 Å². The summed E-state index contributed by atoms with van der Waals surface area (Å²) in [5, 5.41) is 3.60. The molecule has 0 aromatic heterocycles. The van der Waals surface area contributed by atoms with Gasteiger partial charge in [-0.1, -0.05) is 19.1 Å². The van der Waals surface area contributed by atoms with Crippen LogP contribution in [-0.2, 0) is 6.54 Å². The number of nitrogens with zero attached hydrogens (tertiary/aromatic N) is 2. The van der Waals surface area contributed by atoms with Crippen LogP contribution < -0.4 is 5.32 Å². The number of rotatable bonds is 5. The maximum absolute atomic E-state index is 3.60. The van der Waals surface area contributed by atoms with Gasteiger partial charge in [-0.15, -0.1) is 0 Å². The first-order valence-electron chi connectivity index (χ1n) is 8.96. The van der Waals surface area contributed by atoms with Gasteiger partial charge in [0.05, 0.1) is 0 Å². The lowest BCUT2D eigenvalue weighted by molar-refractivity contribution is 0.176. The highest BCUT2D eigenvalue weighted by Gasteiger charge is 2.20. The summed E-state index contributed by atoms with van der Waals surface area (Å²) in [4.78, 5) is 5.07. The fourth-order valence-corrected chi connectivity index (χ4v) is 3.89. The van der Waals surface area contributed by atoms with Gasteiger partial charge in [-0.3, -0.25) is 4.90 Å². The van der Waals surface area contributed by atoms with Crippen LogP contribution in [0.15, 0.2) is 24.3 Å². The number of hydrogen-bond acceptors (Lipinski definition) is 3. The lowest BCUT2D eigenvalue weighted by atomic mass is 10.00. The maximum atomic E-state index is 3.60. The molecule has 2 atom stereocenters. The summed E-state index contributed by atoms with van der Waals surface area (Å²) >= 11 is 0. The minimum Gasteiger partial charge on any atom is -0.383 e. The predicted molar refractivity (Wildman–Crippen MR) is 94.3 cm³/mol. The Kier molecular flexibility index (Phi) is 5.37. The van der Waals surface area contributed by atoms with E-state index in [0.717, 1.165) is 19.0 Å². The highest BCUT2D eigenvalue weighted by Crippen LogP contribution is 2.19. The fourth-order valence-electron chi connectivity index (χ4n) is 3.89. The molecule has 2 unspecified atom stereocenters. The Morgan fingerprint density at radius 2 is 1.86 bits per heavy atom. The van der Waals surface area contributed by atoms with Crippen LogP contribution in [0, 0.1) is 5.92 Å². The highest BCUT2D eigenvalue weighted by atomic mass is 15.2. The van der Waals surface area contributed by atoms with Gasteiger partial charge < -0.3 is 10.2 Å². The molecule has 0 radical (unpaired) electrons. The average molecular weight is 301 g/mol. The molecule has 2 aliphatic rings. The molecule has 22 heavy (non-hydrogen) atoms. The van der Waals surface area contributed by atoms with E-state index in [2.05, 4.69) is 53.4 Å². The van der Waals surface area contributed by atoms with E-state index >= 15 is 0 Å². The molecule has 122 valence electrons. The normalized spacial score (nSPS) is 27.2. The Morgan fingerprint density at radius 1 is 1.09 bits per heavy atom. The molecular weight excluding hydrogens is 270 g/mol. The second-order valence-electron chi connectivity index (χ2n) is 7.34. The number of benzene rings is 1. The lowest BCUT2D eigenvalue weighted by Crippen LogP contribution is -2.33. The lowest BCUT2D eigenvalue weighted by Gasteiger charge is -2.30. The molecule has 1 aromatic carbocycles. The van der Waals surface area contributed by atoms with Gasteiger partial charge >= 0.3 is 0 Å². The number of nitrogens with one attached hydrogen (secondary N) is 1. The van der Waals surface area contributed by atoms with Crippen molar-refractivity contribution in [2.75, 3.05) is 38.5 Å². The molecule has 1 N–H and O–H groups in total. The Balaban J connectivity index is 1.47. The largest absolute Gasteiger partial charge is 0.383 e. The molecule has 3 nitrogen and oxygen atoms in total. The van der Waals surface area contributed by atoms with Crippen LogP contribution in [0.3, 0.4) is 0 Å². The minimum absolute atomic E-state index is 0.703. The monoisotopic (exact) mass is 301 g/mol. The zero-order valence-corrected chi connectivity index (χ0v) is 14.2. The molecule has 3 heteroatoms. The van der Waals surface area contributed by atoms with E-state index < -0.39 is 0 Å². The Bertz CT molecular complexity index is 456. The average Bonchev–Trinajstić information content (AvgIpc) is 2.92. The topological polar surface area (TPSA) is 18.5 Å². The van der Waals surface area contributed by atoms with E-state index in [-0.39, 0.29) is 0 Å². The standard InChI is InChI=1S/C19H31N3/c1-16-5-3-12-22(14-16)15-17-7-9-18(10-8-17)20-13-19-6-4-11-21(19)2/h7-10,16,19-20H,3-6,11-15H2,1-2H3. The Hall–Kier alpha value is -1.06. The molecule has 0 spiro atoms. The van der Waals surface area contributed by atoms with Crippen LogP contribution in [0.1, 0.15) is 38.2 Å². The van der Waals surface area contributed by atoms with E-state index in [0.29, 0.717) is 6.04 Å². The molecule has 2 saturated heterocycles. The zero-order chi connectivity index (χ0) is 15.4. The van der Waals surface area contributed by atoms with Crippen molar-refractivity contribution >= 4 is 5.69 Å². The SMILES string of the molecule is CC1CCCN(Cc2ccc(NCC3CCCN3C)cc2)C1. The predicted octanol–water partition coefficient (Wildman–Crippen LogP) is 3.42. The van der Waals surface area contributed by atoms with Gasteiger partial charge in [0.2, 0.25) is 0 Å². The van der Waals surface area contributed by atoms with Crippen molar-refractivity contribution in [3.8, 4) is 0 Å². The molecule has 0 bridgehead atoms. The van der Waals surface area contributed by atoms with E-state index in [1.807, 2.05) is 0 Å². The minimum atomic E-state index is 0.703. The summed E-state index contributed by atoms with van der Waals surface area (Å²) in [5.41, 5.74) is 2.70. The van der Waals surface area contributed by atoms with Crippen LogP contribution in [0.25, 0.3) is 0 Å². The molecular formula is C19H31N3. The first kappa shape index (κ1) is 15.8. The summed E-state index contributed by atoms with van der Waals surface area (Å²) in [7, 11) is 2.24. The van der Waals surface area contributed by atoms with Gasteiger partial charge in [0.1, 0.15) is 0 Å². The van der Waals surface area contributed by atoms with Crippen molar-refractivity contribution in [2.24, 2.45) is 5.92 Å². The molecule has 2 aliphatic heterocycles. The van der Waals surface area contributed by atoms with Crippen molar-refractivity contribution in [1.82, 2.24) is 9.80 Å². The van der Waals surface area contributed by atoms with Crippen molar-refractivity contribution < 1.29 is 0 Å². The van der Waals surface area contributed by atoms with E-state index in [4.69, 9.17) is 0 Å². The molecule has 0 aliphatic carbocycles. The summed E-state index contributed by atoms with van der Waals surface area (Å²) in [6.45, 7) is 8.32. The Morgan fingerprint density at radius 3 is 2.55 bits per heavy atom. The van der Waals surface area contributed by atoms with Crippen LogP contribution in [0.5, 0.6) is 0 Å². The van der Waals surface area contributed by atoms with Crippen molar-refractivity contribution in [3.05, 3.63) is 29.8 Å². The van der Waals surface area contributed by atoms with Gasteiger partial charge in [0.15, 0.2) is 0 Å². The number of likely N-dealkylation sites (N-methyl/N-ethyl adjacent to an activating group) is 1. The van der Waals surface area contributed by atoms with Crippen molar-refractivity contribution in [1.29, 1.82) is 0 Å². The number of piperidine rings is 1. The smallest absolute Gasteiger partial charge is 0.0340 e. The molecule has 3 rings (SSSR count). The third-order valence-electron chi connectivity index (χ3n) is 5.31. The second-order valence-corrected chi connectivity index (χ2v) is 7.34. The summed E-state index contributed by atoms with van der Waals surface area (Å²) in [6.07, 6.45) is 5.43. The number of hydrogen-bond donors (Lipinski definition) is 1. The molecule has 1 aromatic rings. The zero-order valence-electron chi connectivity index (χ0n) is 14.2. The summed E-state index contributed by atoms with van der Waals surface area (Å²) < 4.78 is 0. The number of likely N-dealkylation sites (tertiary alicyclic amines) is 2. The van der Waals surface area contributed by atoms with E-state index in [1.165, 1.54) is 56.6 Å². The van der Waals surface area contributed by atoms with Crippen LogP contribution >= 0.6 is 0 Å². The quantitative estimate of drug-likeness (QED) is 0.899.